The zero-order valence-corrected chi connectivity index (χ0v) is 24.7. The van der Waals surface area contributed by atoms with Crippen molar-refractivity contribution >= 4 is 22.7 Å². The van der Waals surface area contributed by atoms with Crippen LogP contribution in [0.4, 0.5) is 13.2 Å². The van der Waals surface area contributed by atoms with Crippen LogP contribution in [0.3, 0.4) is 0 Å². The van der Waals surface area contributed by atoms with Crippen LogP contribution in [0.5, 0.6) is 5.75 Å². The molecule has 6 rings (SSSR count). The number of likely N-dealkylation sites (tertiary alicyclic amines) is 1. The Bertz CT molecular complexity index is 1720. The van der Waals surface area contributed by atoms with Crippen molar-refractivity contribution in [3.05, 3.63) is 96.1 Å². The molecule has 1 aromatic heterocycles. The summed E-state index contributed by atoms with van der Waals surface area (Å²) in [6.45, 7) is 0.430. The second-order valence-electron chi connectivity index (χ2n) is 11.9. The van der Waals surface area contributed by atoms with Crippen molar-refractivity contribution in [2.24, 2.45) is 11.3 Å². The number of aliphatic hydroxyl groups is 1. The second-order valence-corrected chi connectivity index (χ2v) is 11.9. The van der Waals surface area contributed by atoms with Gasteiger partial charge in [-0.2, -0.15) is 13.2 Å². The van der Waals surface area contributed by atoms with Crippen molar-refractivity contribution < 1.29 is 37.8 Å². The number of carbonyl (C=O) groups is 2. The molecule has 1 unspecified atom stereocenters. The molecule has 2 heterocycles. The summed E-state index contributed by atoms with van der Waals surface area (Å²) < 4.78 is 44.6. The number of nitrogens with zero attached hydrogens (tertiary/aromatic N) is 2. The van der Waals surface area contributed by atoms with Gasteiger partial charge in [0.2, 0.25) is 18.0 Å². The molecular formula is C34H33F3N4O5. The number of pyridine rings is 1. The quantitative estimate of drug-likeness (QED) is 0.114. The normalized spacial score (nSPS) is 21.6. The summed E-state index contributed by atoms with van der Waals surface area (Å²) in [5.41, 5.74) is 4.90. The first-order chi connectivity index (χ1) is 22.1. The molecule has 4 atom stereocenters. The number of nitrogens with one attached hydrogen (secondary N) is 2. The Morgan fingerprint density at radius 2 is 1.76 bits per heavy atom. The van der Waals surface area contributed by atoms with E-state index in [9.17, 15) is 33.1 Å². The molecule has 9 nitrogen and oxygen atoms in total. The molecular weight excluding hydrogens is 601 g/mol. The fourth-order valence-corrected chi connectivity index (χ4v) is 6.30. The third kappa shape index (κ3) is 6.55. The average molecular weight is 635 g/mol. The van der Waals surface area contributed by atoms with E-state index in [-0.39, 0.29) is 44.9 Å². The number of benzene rings is 3. The van der Waals surface area contributed by atoms with Crippen LogP contribution in [0, 0.1) is 11.3 Å². The number of carbonyl (C=O) groups excluding carboxylic acids is 2. The maximum Gasteiger partial charge on any atom is 0.427 e. The minimum absolute atomic E-state index is 0.0381. The molecule has 2 amide bonds. The van der Waals surface area contributed by atoms with Crippen molar-refractivity contribution in [1.82, 2.24) is 20.7 Å². The number of hydroxylamine groups is 1. The summed E-state index contributed by atoms with van der Waals surface area (Å²) in [5, 5.41) is 21.7. The predicted octanol–water partition coefficient (Wildman–Crippen LogP) is 4.61. The summed E-state index contributed by atoms with van der Waals surface area (Å²) in [4.78, 5) is 32.3. The maximum absolute atomic E-state index is 13.7. The van der Waals surface area contributed by atoms with E-state index >= 15 is 0 Å². The predicted molar refractivity (Wildman–Crippen MR) is 162 cm³/mol. The van der Waals surface area contributed by atoms with Gasteiger partial charge in [0.25, 0.3) is 0 Å². The highest BCUT2D eigenvalue weighted by atomic mass is 19.4. The summed E-state index contributed by atoms with van der Waals surface area (Å²) in [5.74, 6) is -1.24. The second kappa shape index (κ2) is 12.7. The number of hydrogen-bond donors (Lipinski definition) is 4. The van der Waals surface area contributed by atoms with Crippen LogP contribution in [0.1, 0.15) is 24.0 Å². The smallest absolute Gasteiger partial charge is 0.427 e. The standard InChI is InChI=1S/C34H33F3N4O5/c35-34(36,37)31(43)38-24-14-15-41(19-24)32(44)33(18-27(33)30(42)40-45)17-21-10-12-25(13-11-21)46-20-23-16-29(22-6-2-1-3-7-22)39-28-9-5-4-8-26(23)28/h1-13,16,24,27,31,38,43,45H,14-15,17-20H2,(H,40,42)/t24-,27+,31?,33-/m0/s1. The topological polar surface area (TPSA) is 124 Å². The Balaban J connectivity index is 1.14. The summed E-state index contributed by atoms with van der Waals surface area (Å²) in [6.07, 6.45) is -6.92. The first kappa shape index (κ1) is 31.5. The van der Waals surface area contributed by atoms with E-state index in [1.54, 1.807) is 17.6 Å². The maximum atomic E-state index is 13.7. The highest BCUT2D eigenvalue weighted by molar-refractivity contribution is 5.96. The zero-order valence-electron chi connectivity index (χ0n) is 24.7. The van der Waals surface area contributed by atoms with E-state index in [1.807, 2.05) is 72.8 Å². The molecule has 4 aromatic rings. The van der Waals surface area contributed by atoms with Gasteiger partial charge in [-0.05, 0) is 49.1 Å². The molecule has 0 spiro atoms. The Morgan fingerprint density at radius 1 is 1.04 bits per heavy atom. The molecule has 3 aromatic carbocycles. The van der Waals surface area contributed by atoms with E-state index in [0.29, 0.717) is 5.75 Å². The number of ether oxygens (including phenoxy) is 1. The minimum atomic E-state index is -4.83. The van der Waals surface area contributed by atoms with Crippen LogP contribution in [-0.2, 0) is 22.6 Å². The molecule has 1 aliphatic heterocycles. The monoisotopic (exact) mass is 634 g/mol. The third-order valence-corrected chi connectivity index (χ3v) is 8.82. The van der Waals surface area contributed by atoms with Gasteiger partial charge in [-0.25, -0.2) is 10.5 Å². The molecule has 2 fully saturated rings. The lowest BCUT2D eigenvalue weighted by Gasteiger charge is -2.25. The van der Waals surface area contributed by atoms with Gasteiger partial charge in [0.1, 0.15) is 12.4 Å². The van der Waals surface area contributed by atoms with Gasteiger partial charge >= 0.3 is 6.18 Å². The molecule has 0 bridgehead atoms. The van der Waals surface area contributed by atoms with Crippen molar-refractivity contribution in [1.29, 1.82) is 0 Å². The zero-order chi connectivity index (χ0) is 32.5. The van der Waals surface area contributed by atoms with E-state index in [4.69, 9.17) is 9.72 Å². The molecule has 12 heteroatoms. The lowest BCUT2D eigenvalue weighted by Crippen LogP contribution is -2.49. The molecule has 240 valence electrons. The summed E-state index contributed by atoms with van der Waals surface area (Å²) in [6, 6.07) is 26.2. The molecule has 0 radical (unpaired) electrons. The largest absolute Gasteiger partial charge is 0.489 e. The molecule has 46 heavy (non-hydrogen) atoms. The van der Waals surface area contributed by atoms with Crippen molar-refractivity contribution in [2.45, 2.75) is 44.3 Å². The van der Waals surface area contributed by atoms with Gasteiger partial charge in [-0.15, -0.1) is 0 Å². The number of amides is 2. The fraction of sp³-hybridized carbons (Fsp3) is 0.324. The van der Waals surface area contributed by atoms with E-state index in [1.165, 1.54) is 4.90 Å². The number of fused-ring (bicyclic) bond motifs is 1. The van der Waals surface area contributed by atoms with Crippen LogP contribution in [0.2, 0.25) is 0 Å². The fourth-order valence-electron chi connectivity index (χ4n) is 6.30. The average Bonchev–Trinajstić information content (AvgIpc) is 3.61. The molecule has 2 aliphatic rings. The number of aliphatic hydroxyl groups excluding tert-OH is 1. The summed E-state index contributed by atoms with van der Waals surface area (Å²) >= 11 is 0. The van der Waals surface area contributed by atoms with Crippen LogP contribution >= 0.6 is 0 Å². The number of rotatable bonds is 10. The Labute approximate surface area is 263 Å². The third-order valence-electron chi connectivity index (χ3n) is 8.82. The van der Waals surface area contributed by atoms with Gasteiger partial charge in [-0.3, -0.25) is 20.1 Å². The van der Waals surface area contributed by atoms with Gasteiger partial charge in [0, 0.05) is 35.6 Å². The van der Waals surface area contributed by atoms with Gasteiger partial charge < -0.3 is 14.7 Å². The van der Waals surface area contributed by atoms with Crippen LogP contribution < -0.4 is 15.5 Å². The highest BCUT2D eigenvalue weighted by Gasteiger charge is 2.64. The molecule has 1 saturated carbocycles. The molecule has 1 saturated heterocycles. The van der Waals surface area contributed by atoms with Gasteiger partial charge in [-0.1, -0.05) is 60.7 Å². The SMILES string of the molecule is O=C(NO)[C@H]1C[C@]1(Cc1ccc(OCc2cc(-c3ccccc3)nc3ccccc23)cc1)C(=O)N1CC[C@H](NC(O)C(F)(F)F)C1. The van der Waals surface area contributed by atoms with E-state index in [0.717, 1.165) is 33.3 Å². The van der Waals surface area contributed by atoms with E-state index < -0.39 is 35.7 Å². The number of hydrogen-bond acceptors (Lipinski definition) is 7. The van der Waals surface area contributed by atoms with Crippen molar-refractivity contribution in [3.63, 3.8) is 0 Å². The lowest BCUT2D eigenvalue weighted by molar-refractivity contribution is -0.215. The van der Waals surface area contributed by atoms with Crippen molar-refractivity contribution in [3.8, 4) is 17.0 Å². The first-order valence-corrected chi connectivity index (χ1v) is 15.0. The first-order valence-electron chi connectivity index (χ1n) is 15.0. The number of para-hydroxylation sites is 1. The Kier molecular flexibility index (Phi) is 8.69. The van der Waals surface area contributed by atoms with Crippen molar-refractivity contribution in [2.75, 3.05) is 13.1 Å². The molecule has 4 N–H and O–H groups in total. The lowest BCUT2D eigenvalue weighted by atomic mass is 9.92. The number of aromatic nitrogens is 1. The van der Waals surface area contributed by atoms with Crippen LogP contribution in [0.15, 0.2) is 84.9 Å². The van der Waals surface area contributed by atoms with Crippen LogP contribution in [-0.4, -0.2) is 63.5 Å². The van der Waals surface area contributed by atoms with Gasteiger partial charge in [0.05, 0.1) is 22.5 Å². The summed E-state index contributed by atoms with van der Waals surface area (Å²) in [7, 11) is 0. The minimum Gasteiger partial charge on any atom is -0.489 e. The van der Waals surface area contributed by atoms with Crippen LogP contribution in [0.25, 0.3) is 22.2 Å². The van der Waals surface area contributed by atoms with E-state index in [2.05, 4.69) is 5.32 Å². The Morgan fingerprint density at radius 3 is 2.48 bits per heavy atom. The Hall–Kier alpha value is -4.52. The molecule has 1 aliphatic carbocycles. The van der Waals surface area contributed by atoms with Gasteiger partial charge in [0.15, 0.2) is 0 Å². The number of halogens is 3. The highest BCUT2D eigenvalue weighted by Crippen LogP contribution is 2.56. The number of alkyl halides is 3.